The van der Waals surface area contributed by atoms with Crippen LogP contribution >= 0.6 is 11.6 Å². The van der Waals surface area contributed by atoms with Crippen molar-refractivity contribution in [1.82, 2.24) is 4.98 Å². The van der Waals surface area contributed by atoms with Crippen LogP contribution in [0.2, 0.25) is 5.02 Å². The third-order valence-corrected chi connectivity index (χ3v) is 3.16. The average molecular weight is 330 g/mol. The molecule has 1 aromatic carbocycles. The third-order valence-electron chi connectivity index (χ3n) is 2.87. The van der Waals surface area contributed by atoms with Crippen LogP contribution in [0, 0.1) is 0 Å². The van der Waals surface area contributed by atoms with Crippen molar-refractivity contribution in [1.29, 1.82) is 0 Å². The second kappa shape index (κ2) is 6.23. The van der Waals surface area contributed by atoms with Gasteiger partial charge in [0.1, 0.15) is 5.82 Å². The molecule has 116 valence electrons. The van der Waals surface area contributed by atoms with Gasteiger partial charge in [-0.1, -0.05) is 23.7 Å². The summed E-state index contributed by atoms with van der Waals surface area (Å²) in [5.41, 5.74) is 5.38. The fourth-order valence-corrected chi connectivity index (χ4v) is 1.93. The molecule has 0 aliphatic rings. The molecule has 2 aromatic rings. The zero-order valence-electron chi connectivity index (χ0n) is 11.1. The van der Waals surface area contributed by atoms with Gasteiger partial charge in [-0.3, -0.25) is 4.79 Å². The van der Waals surface area contributed by atoms with Gasteiger partial charge in [-0.2, -0.15) is 13.2 Å². The Hall–Kier alpha value is -2.28. The molecule has 0 unspecified atom stereocenters. The summed E-state index contributed by atoms with van der Waals surface area (Å²) in [5, 5.41) is 2.71. The van der Waals surface area contributed by atoms with E-state index in [1.54, 1.807) is 24.3 Å². The van der Waals surface area contributed by atoms with Crippen LogP contribution < -0.4 is 11.1 Å². The van der Waals surface area contributed by atoms with Crippen LogP contribution in [0.1, 0.15) is 21.5 Å². The molecule has 1 amide bonds. The Balaban J connectivity index is 2.07. The van der Waals surface area contributed by atoms with Crippen molar-refractivity contribution in [3.05, 3.63) is 58.2 Å². The van der Waals surface area contributed by atoms with Crippen LogP contribution in [0.3, 0.4) is 0 Å². The van der Waals surface area contributed by atoms with Crippen molar-refractivity contribution in [2.75, 3.05) is 5.32 Å². The van der Waals surface area contributed by atoms with Crippen molar-refractivity contribution in [2.24, 2.45) is 5.73 Å². The summed E-state index contributed by atoms with van der Waals surface area (Å²) in [4.78, 5) is 14.6. The normalized spacial score (nSPS) is 11.3. The second-order valence-electron chi connectivity index (χ2n) is 4.47. The lowest BCUT2D eigenvalue weighted by molar-refractivity contribution is -0.137. The van der Waals surface area contributed by atoms with Crippen LogP contribution in [0.25, 0.3) is 0 Å². The number of nitrogens with two attached hydrogens (primary N) is 1. The average Bonchev–Trinajstić information content (AvgIpc) is 2.45. The first kappa shape index (κ1) is 16.1. The summed E-state index contributed by atoms with van der Waals surface area (Å²) >= 11 is 5.78. The molecule has 22 heavy (non-hydrogen) atoms. The highest BCUT2D eigenvalue weighted by Gasteiger charge is 2.31. The van der Waals surface area contributed by atoms with E-state index in [2.05, 4.69) is 10.3 Å². The molecule has 0 saturated carbocycles. The molecule has 0 fully saturated rings. The number of alkyl halides is 3. The quantitative estimate of drug-likeness (QED) is 0.902. The van der Waals surface area contributed by atoms with Gasteiger partial charge in [-0.25, -0.2) is 4.98 Å². The minimum atomic E-state index is -4.49. The molecule has 1 heterocycles. The van der Waals surface area contributed by atoms with Gasteiger partial charge in [-0.15, -0.1) is 0 Å². The van der Waals surface area contributed by atoms with Crippen LogP contribution in [0.15, 0.2) is 36.5 Å². The summed E-state index contributed by atoms with van der Waals surface area (Å²) in [7, 11) is 0. The zero-order valence-corrected chi connectivity index (χ0v) is 11.9. The van der Waals surface area contributed by atoms with Gasteiger partial charge in [0.05, 0.1) is 10.6 Å². The van der Waals surface area contributed by atoms with E-state index in [4.69, 9.17) is 17.3 Å². The molecule has 8 heteroatoms. The lowest BCUT2D eigenvalue weighted by atomic mass is 10.1. The predicted molar refractivity (Wildman–Crippen MR) is 76.5 cm³/mol. The Labute approximate surface area is 129 Å². The number of primary amides is 1. The van der Waals surface area contributed by atoms with Crippen LogP contribution in [-0.4, -0.2) is 10.9 Å². The van der Waals surface area contributed by atoms with Gasteiger partial charge in [0.15, 0.2) is 0 Å². The van der Waals surface area contributed by atoms with Crippen LogP contribution in [0.4, 0.5) is 19.0 Å². The Morgan fingerprint density at radius 3 is 2.41 bits per heavy atom. The van der Waals surface area contributed by atoms with E-state index in [9.17, 15) is 18.0 Å². The summed E-state index contributed by atoms with van der Waals surface area (Å²) in [5.74, 6) is -0.388. The Bertz CT molecular complexity index is 687. The molecule has 4 nitrogen and oxygen atoms in total. The smallest absolute Gasteiger partial charge is 0.366 e. The van der Waals surface area contributed by atoms with Gasteiger partial charge in [0.25, 0.3) is 0 Å². The number of rotatable bonds is 4. The number of aromatic nitrogens is 1. The van der Waals surface area contributed by atoms with E-state index < -0.39 is 17.6 Å². The maximum Gasteiger partial charge on any atom is 0.417 e. The fraction of sp³-hybridized carbons (Fsp3) is 0.143. The van der Waals surface area contributed by atoms with E-state index in [0.29, 0.717) is 11.8 Å². The summed E-state index contributed by atoms with van der Waals surface area (Å²) in [6.45, 7) is 0.289. The monoisotopic (exact) mass is 329 g/mol. The molecular formula is C14H11ClF3N3O. The highest BCUT2D eigenvalue weighted by atomic mass is 35.5. The number of nitrogens with zero attached hydrogens (tertiary/aromatic N) is 1. The number of hydrogen-bond donors (Lipinski definition) is 2. The number of pyridine rings is 1. The lowest BCUT2D eigenvalue weighted by Gasteiger charge is -2.11. The molecule has 1 aromatic heterocycles. The zero-order chi connectivity index (χ0) is 16.3. The Kier molecular flexibility index (Phi) is 4.56. The van der Waals surface area contributed by atoms with E-state index in [0.717, 1.165) is 11.6 Å². The number of carbonyl (C=O) groups excluding carboxylic acids is 1. The number of nitrogens with one attached hydrogen (secondary N) is 1. The van der Waals surface area contributed by atoms with Crippen molar-refractivity contribution in [3.8, 4) is 0 Å². The standard InChI is InChI=1S/C14H11ClF3N3O/c15-11-5-10(14(16,17)18)7-21-13(11)20-6-8-1-3-9(4-2-8)12(19)22/h1-5,7H,6H2,(H2,19,22)(H,20,21). The summed E-state index contributed by atoms with van der Waals surface area (Å²) in [6.07, 6.45) is -3.77. The minimum absolute atomic E-state index is 0.122. The molecule has 0 bridgehead atoms. The second-order valence-corrected chi connectivity index (χ2v) is 4.87. The van der Waals surface area contributed by atoms with Crippen molar-refractivity contribution in [3.63, 3.8) is 0 Å². The number of anilines is 1. The molecule has 0 radical (unpaired) electrons. The van der Waals surface area contributed by atoms with Crippen molar-refractivity contribution in [2.45, 2.75) is 12.7 Å². The fourth-order valence-electron chi connectivity index (χ4n) is 1.70. The molecule has 0 aliphatic heterocycles. The maximum atomic E-state index is 12.5. The number of benzene rings is 1. The number of hydrogen-bond acceptors (Lipinski definition) is 3. The molecule has 0 spiro atoms. The first-order valence-corrected chi connectivity index (χ1v) is 6.50. The van der Waals surface area contributed by atoms with Crippen LogP contribution in [-0.2, 0) is 12.7 Å². The van der Waals surface area contributed by atoms with Crippen molar-refractivity contribution >= 4 is 23.3 Å². The van der Waals surface area contributed by atoms with E-state index in [1.807, 2.05) is 0 Å². The Morgan fingerprint density at radius 2 is 1.91 bits per heavy atom. The van der Waals surface area contributed by atoms with Gasteiger partial charge >= 0.3 is 6.18 Å². The third kappa shape index (κ3) is 3.88. The molecule has 3 N–H and O–H groups in total. The van der Waals surface area contributed by atoms with Gasteiger partial charge < -0.3 is 11.1 Å². The molecule has 2 rings (SSSR count). The van der Waals surface area contributed by atoms with Gasteiger partial charge in [-0.05, 0) is 23.8 Å². The summed E-state index contributed by atoms with van der Waals surface area (Å²) < 4.78 is 37.5. The number of halogens is 4. The topological polar surface area (TPSA) is 68.0 Å². The molecule has 0 saturated heterocycles. The summed E-state index contributed by atoms with van der Waals surface area (Å²) in [6, 6.07) is 7.27. The lowest BCUT2D eigenvalue weighted by Crippen LogP contribution is -2.11. The molecule has 0 aliphatic carbocycles. The van der Waals surface area contributed by atoms with E-state index in [-0.39, 0.29) is 17.4 Å². The van der Waals surface area contributed by atoms with Gasteiger partial charge in [0, 0.05) is 18.3 Å². The molecular weight excluding hydrogens is 319 g/mol. The largest absolute Gasteiger partial charge is 0.417 e. The van der Waals surface area contributed by atoms with E-state index in [1.165, 1.54) is 0 Å². The Morgan fingerprint density at radius 1 is 1.27 bits per heavy atom. The van der Waals surface area contributed by atoms with Gasteiger partial charge in [0.2, 0.25) is 5.91 Å². The van der Waals surface area contributed by atoms with Crippen molar-refractivity contribution < 1.29 is 18.0 Å². The number of amides is 1. The highest BCUT2D eigenvalue weighted by molar-refractivity contribution is 6.32. The SMILES string of the molecule is NC(=O)c1ccc(CNc2ncc(C(F)(F)F)cc2Cl)cc1. The number of carbonyl (C=O) groups is 1. The minimum Gasteiger partial charge on any atom is -0.366 e. The molecule has 0 atom stereocenters. The highest BCUT2D eigenvalue weighted by Crippen LogP contribution is 2.32. The maximum absolute atomic E-state index is 12.5. The first-order valence-electron chi connectivity index (χ1n) is 6.13. The van der Waals surface area contributed by atoms with Crippen LogP contribution in [0.5, 0.6) is 0 Å². The first-order chi connectivity index (χ1) is 10.3. The predicted octanol–water partition coefficient (Wildman–Crippen LogP) is 3.46. The van der Waals surface area contributed by atoms with E-state index >= 15 is 0 Å².